The van der Waals surface area contributed by atoms with Crippen LogP contribution in [0.25, 0.3) is 0 Å². The molecular formula is C14H16Br2N3S-. The van der Waals surface area contributed by atoms with Crippen LogP contribution < -0.4 is 22.4 Å². The molecule has 3 atom stereocenters. The number of nitrogens with zero attached hydrogens (tertiary/aromatic N) is 2. The Bertz CT molecular complexity index is 492. The van der Waals surface area contributed by atoms with Gasteiger partial charge in [0.15, 0.2) is 5.17 Å². The highest BCUT2D eigenvalue weighted by molar-refractivity contribution is 9.09. The molecule has 0 saturated heterocycles. The number of hydrazone groups is 1. The normalized spacial score (nSPS) is 28.6. The minimum atomic E-state index is 0. The zero-order chi connectivity index (χ0) is 13.1. The maximum Gasteiger partial charge on any atom is 0.177 e. The van der Waals surface area contributed by atoms with Crippen LogP contribution in [0.3, 0.4) is 0 Å². The van der Waals surface area contributed by atoms with Crippen LogP contribution in [0, 0.1) is 0 Å². The number of alkyl halides is 1. The van der Waals surface area contributed by atoms with E-state index in [0.717, 1.165) is 10.7 Å². The number of amidine groups is 1. The Morgan fingerprint density at radius 3 is 2.85 bits per heavy atom. The minimum Gasteiger partial charge on any atom is -1.00 e. The van der Waals surface area contributed by atoms with Gasteiger partial charge < -0.3 is 17.0 Å². The van der Waals surface area contributed by atoms with E-state index in [1.54, 1.807) is 0 Å². The van der Waals surface area contributed by atoms with Crippen molar-refractivity contribution in [2.75, 3.05) is 0 Å². The quantitative estimate of drug-likeness (QED) is 0.429. The third-order valence-corrected chi connectivity index (χ3v) is 6.13. The second-order valence-electron chi connectivity index (χ2n) is 4.81. The highest BCUT2D eigenvalue weighted by Crippen LogP contribution is 2.39. The van der Waals surface area contributed by atoms with E-state index in [2.05, 4.69) is 26.5 Å². The van der Waals surface area contributed by atoms with Crippen LogP contribution in [0.15, 0.2) is 40.4 Å². The van der Waals surface area contributed by atoms with E-state index in [1.165, 1.54) is 19.3 Å². The fraction of sp³-hybridized carbons (Fsp3) is 0.429. The molecule has 6 heteroatoms. The van der Waals surface area contributed by atoms with E-state index in [4.69, 9.17) is 4.99 Å². The molecule has 3 rings (SSSR count). The summed E-state index contributed by atoms with van der Waals surface area (Å²) in [5.74, 6) is 0. The van der Waals surface area contributed by atoms with Gasteiger partial charge in [-0.3, -0.25) is 10.4 Å². The summed E-state index contributed by atoms with van der Waals surface area (Å²) in [6.07, 6.45) is 5.55. The Morgan fingerprint density at radius 1 is 1.30 bits per heavy atom. The maximum atomic E-state index is 4.72. The maximum absolute atomic E-state index is 4.72. The Morgan fingerprint density at radius 2 is 2.10 bits per heavy atom. The molecule has 1 aliphatic heterocycles. The van der Waals surface area contributed by atoms with Crippen molar-refractivity contribution >= 4 is 39.1 Å². The van der Waals surface area contributed by atoms with Gasteiger partial charge >= 0.3 is 0 Å². The van der Waals surface area contributed by atoms with Gasteiger partial charge in [0.05, 0.1) is 12.3 Å². The molecule has 0 bridgehead atoms. The van der Waals surface area contributed by atoms with Gasteiger partial charge in [-0.25, -0.2) is 0 Å². The Hall–Kier alpha value is -0.330. The van der Waals surface area contributed by atoms with Crippen molar-refractivity contribution in [1.82, 2.24) is 5.43 Å². The molecule has 1 aliphatic carbocycles. The fourth-order valence-corrected chi connectivity index (χ4v) is 4.65. The van der Waals surface area contributed by atoms with Crippen LogP contribution >= 0.6 is 27.7 Å². The number of hydrogen-bond donors (Lipinski definition) is 1. The molecule has 0 spiro atoms. The summed E-state index contributed by atoms with van der Waals surface area (Å²) in [5.41, 5.74) is 4.16. The molecule has 0 amide bonds. The van der Waals surface area contributed by atoms with Crippen molar-refractivity contribution in [3.63, 3.8) is 0 Å². The van der Waals surface area contributed by atoms with Crippen LogP contribution in [-0.4, -0.2) is 27.5 Å². The topological polar surface area (TPSA) is 36.8 Å². The van der Waals surface area contributed by atoms with Crippen molar-refractivity contribution < 1.29 is 17.0 Å². The average Bonchev–Trinajstić information content (AvgIpc) is 2.84. The van der Waals surface area contributed by atoms with E-state index in [9.17, 15) is 0 Å². The van der Waals surface area contributed by atoms with Gasteiger partial charge in [-0.2, -0.15) is 5.10 Å². The zero-order valence-corrected chi connectivity index (χ0v) is 14.9. The van der Waals surface area contributed by atoms with Crippen LogP contribution in [0.1, 0.15) is 24.8 Å². The van der Waals surface area contributed by atoms with Gasteiger partial charge in [0, 0.05) is 10.1 Å². The smallest absolute Gasteiger partial charge is 0.177 e. The lowest BCUT2D eigenvalue weighted by Gasteiger charge is -2.27. The molecule has 1 aromatic rings. The molecule has 3 nitrogen and oxygen atoms in total. The number of thioether (sulfide) groups is 1. The number of benzene rings is 1. The molecule has 20 heavy (non-hydrogen) atoms. The molecular weight excluding hydrogens is 402 g/mol. The first kappa shape index (κ1) is 16.0. The molecule has 1 heterocycles. The largest absolute Gasteiger partial charge is 1.00 e. The van der Waals surface area contributed by atoms with E-state index < -0.39 is 0 Å². The SMILES string of the molecule is BrC1CCCC2N=C(N/N=C\c3ccccc3)SC12.[Br-]. The summed E-state index contributed by atoms with van der Waals surface area (Å²) >= 11 is 5.58. The zero-order valence-electron chi connectivity index (χ0n) is 10.9. The van der Waals surface area contributed by atoms with E-state index in [-0.39, 0.29) is 17.0 Å². The van der Waals surface area contributed by atoms with Crippen molar-refractivity contribution in [3.05, 3.63) is 35.9 Å². The van der Waals surface area contributed by atoms with Crippen molar-refractivity contribution in [2.45, 2.75) is 35.4 Å². The lowest BCUT2D eigenvalue weighted by atomic mass is 9.95. The average molecular weight is 418 g/mol. The third-order valence-electron chi connectivity index (χ3n) is 3.42. The molecule has 0 aromatic heterocycles. The highest BCUT2D eigenvalue weighted by atomic mass is 79.9. The van der Waals surface area contributed by atoms with Crippen molar-refractivity contribution in [3.8, 4) is 0 Å². The molecule has 3 unspecified atom stereocenters. The summed E-state index contributed by atoms with van der Waals surface area (Å²) in [7, 11) is 0. The van der Waals surface area contributed by atoms with E-state index in [0.29, 0.717) is 16.1 Å². The summed E-state index contributed by atoms with van der Waals surface area (Å²) < 4.78 is 0. The van der Waals surface area contributed by atoms with Crippen LogP contribution in [-0.2, 0) is 0 Å². The summed E-state index contributed by atoms with van der Waals surface area (Å²) in [4.78, 5) is 5.30. The first-order chi connectivity index (χ1) is 9.33. The highest BCUT2D eigenvalue weighted by Gasteiger charge is 2.37. The molecule has 1 fully saturated rings. The molecule has 108 valence electrons. The van der Waals surface area contributed by atoms with Gasteiger partial charge in [-0.05, 0) is 18.4 Å². The molecule has 1 N–H and O–H groups in total. The van der Waals surface area contributed by atoms with Gasteiger partial charge in [0.2, 0.25) is 0 Å². The number of nitrogens with one attached hydrogen (secondary N) is 1. The van der Waals surface area contributed by atoms with Gasteiger partial charge in [0.25, 0.3) is 0 Å². The summed E-state index contributed by atoms with van der Waals surface area (Å²) in [6.45, 7) is 0. The molecule has 2 aliphatic rings. The standard InChI is InChI=1S/C14H16BrN3S.BrH/c15-11-7-4-8-12-13(11)19-14(17-12)18-16-9-10-5-2-1-3-6-10;/h1-3,5-6,9,11-13H,4,7-8H2,(H,17,18);1H/p-1/b16-9-;. The van der Waals surface area contributed by atoms with E-state index >= 15 is 0 Å². The van der Waals surface area contributed by atoms with Gasteiger partial charge in [-0.15, -0.1) is 0 Å². The van der Waals surface area contributed by atoms with Gasteiger partial charge in [0.1, 0.15) is 0 Å². The molecule has 0 radical (unpaired) electrons. The fourth-order valence-electron chi connectivity index (χ4n) is 2.45. The number of fused-ring (bicyclic) bond motifs is 1. The number of aliphatic imine (C=N–C) groups is 1. The van der Waals surface area contributed by atoms with Crippen molar-refractivity contribution in [1.29, 1.82) is 0 Å². The van der Waals surface area contributed by atoms with Gasteiger partial charge in [-0.1, -0.05) is 64.4 Å². The van der Waals surface area contributed by atoms with Crippen LogP contribution in [0.4, 0.5) is 0 Å². The number of rotatable bonds is 2. The number of halogens is 2. The monoisotopic (exact) mass is 416 g/mol. The second-order valence-corrected chi connectivity index (χ2v) is 7.15. The second kappa shape index (κ2) is 7.61. The van der Waals surface area contributed by atoms with Crippen LogP contribution in [0.2, 0.25) is 0 Å². The van der Waals surface area contributed by atoms with E-state index in [1.807, 2.05) is 48.3 Å². The Kier molecular flexibility index (Phi) is 6.11. The number of hydrogen-bond acceptors (Lipinski definition) is 4. The lowest BCUT2D eigenvalue weighted by molar-refractivity contribution is -0.00000369. The predicted molar refractivity (Wildman–Crippen MR) is 86.3 cm³/mol. The summed E-state index contributed by atoms with van der Waals surface area (Å²) in [6, 6.07) is 10.5. The minimum absolute atomic E-state index is 0. The van der Waals surface area contributed by atoms with Crippen LogP contribution in [0.5, 0.6) is 0 Å². The Labute approximate surface area is 142 Å². The first-order valence-electron chi connectivity index (χ1n) is 6.55. The van der Waals surface area contributed by atoms with Crippen molar-refractivity contribution in [2.24, 2.45) is 10.1 Å². The Balaban J connectivity index is 0.00000147. The molecule has 1 aromatic carbocycles. The lowest BCUT2D eigenvalue weighted by Crippen LogP contribution is -3.00. The summed E-state index contributed by atoms with van der Waals surface area (Å²) in [5, 5.41) is 5.79. The first-order valence-corrected chi connectivity index (χ1v) is 8.35. The molecule has 1 saturated carbocycles. The predicted octanol–water partition coefficient (Wildman–Crippen LogP) is 0.402. The third kappa shape index (κ3) is 3.86.